The number of amides is 1. The van der Waals surface area contributed by atoms with Crippen LogP contribution in [0.25, 0.3) is 0 Å². The third kappa shape index (κ3) is 9.87. The van der Waals surface area contributed by atoms with E-state index in [9.17, 15) is 4.79 Å². The fraction of sp³-hybridized carbons (Fsp3) is 0.679. The van der Waals surface area contributed by atoms with E-state index in [4.69, 9.17) is 9.47 Å². The van der Waals surface area contributed by atoms with Crippen LogP contribution in [-0.2, 0) is 20.7 Å². The van der Waals surface area contributed by atoms with Crippen LogP contribution in [0.1, 0.15) is 84.1 Å². The second kappa shape index (κ2) is 16.0. The molecule has 0 saturated heterocycles. The Balaban J connectivity index is 2.00. The van der Waals surface area contributed by atoms with Crippen LogP contribution in [0.2, 0.25) is 0 Å². The van der Waals surface area contributed by atoms with E-state index in [1.807, 2.05) is 37.3 Å². The fourth-order valence-corrected chi connectivity index (χ4v) is 4.42. The minimum Gasteiger partial charge on any atom is -0.373 e. The third-order valence-electron chi connectivity index (χ3n) is 6.52. The van der Waals surface area contributed by atoms with Gasteiger partial charge < -0.3 is 14.8 Å². The molecule has 1 aliphatic rings. The Bertz CT molecular complexity index is 645. The molecule has 1 aliphatic heterocycles. The Hall–Kier alpha value is -1.65. The molecule has 1 aromatic rings. The SMILES string of the molecule is CCCCCCCCC[C@H]1OC/C=C\CO[C@H](CC)[C@H](Cc2ccccc2)NC(=O)[C@H]1C. The van der Waals surface area contributed by atoms with Crippen LogP contribution in [0.4, 0.5) is 0 Å². The van der Waals surface area contributed by atoms with Crippen molar-refractivity contribution in [3.63, 3.8) is 0 Å². The second-order valence-corrected chi connectivity index (χ2v) is 9.13. The van der Waals surface area contributed by atoms with Crippen molar-refractivity contribution in [2.45, 2.75) is 103 Å². The first kappa shape index (κ1) is 26.6. The molecule has 0 unspecified atom stereocenters. The zero-order valence-corrected chi connectivity index (χ0v) is 20.6. The molecule has 0 saturated carbocycles. The molecule has 4 atom stereocenters. The lowest BCUT2D eigenvalue weighted by atomic mass is 9.95. The summed E-state index contributed by atoms with van der Waals surface area (Å²) < 4.78 is 12.3. The maximum Gasteiger partial charge on any atom is 0.225 e. The van der Waals surface area contributed by atoms with Gasteiger partial charge in [-0.3, -0.25) is 4.79 Å². The van der Waals surface area contributed by atoms with Gasteiger partial charge in [0.25, 0.3) is 0 Å². The lowest BCUT2D eigenvalue weighted by molar-refractivity contribution is -0.131. The van der Waals surface area contributed by atoms with Gasteiger partial charge in [0, 0.05) is 0 Å². The van der Waals surface area contributed by atoms with Gasteiger partial charge in [-0.05, 0) is 24.8 Å². The van der Waals surface area contributed by atoms with E-state index < -0.39 is 0 Å². The summed E-state index contributed by atoms with van der Waals surface area (Å²) in [6, 6.07) is 10.3. The van der Waals surface area contributed by atoms with Crippen LogP contribution in [0.15, 0.2) is 42.5 Å². The van der Waals surface area contributed by atoms with Crippen molar-refractivity contribution in [1.82, 2.24) is 5.32 Å². The van der Waals surface area contributed by atoms with Crippen LogP contribution in [-0.4, -0.2) is 37.4 Å². The fourth-order valence-electron chi connectivity index (χ4n) is 4.42. The van der Waals surface area contributed by atoms with Gasteiger partial charge in [0.05, 0.1) is 37.4 Å². The first-order valence-corrected chi connectivity index (χ1v) is 12.9. The lowest BCUT2D eigenvalue weighted by Crippen LogP contribution is -2.49. The molecule has 0 radical (unpaired) electrons. The highest BCUT2D eigenvalue weighted by Gasteiger charge is 2.29. The van der Waals surface area contributed by atoms with Crippen molar-refractivity contribution in [1.29, 1.82) is 0 Å². The van der Waals surface area contributed by atoms with Gasteiger partial charge in [-0.15, -0.1) is 0 Å². The summed E-state index contributed by atoms with van der Waals surface area (Å²) in [5, 5.41) is 3.32. The molecule has 1 aromatic carbocycles. The number of nitrogens with one attached hydrogen (secondary N) is 1. The Labute approximate surface area is 196 Å². The Kier molecular flexibility index (Phi) is 13.3. The van der Waals surface area contributed by atoms with Crippen molar-refractivity contribution in [3.05, 3.63) is 48.0 Å². The molecule has 0 aromatic heterocycles. The Morgan fingerprint density at radius 2 is 1.50 bits per heavy atom. The summed E-state index contributed by atoms with van der Waals surface area (Å²) in [6.45, 7) is 7.47. The van der Waals surface area contributed by atoms with Crippen LogP contribution in [0.5, 0.6) is 0 Å². The number of hydrogen-bond donors (Lipinski definition) is 1. The maximum absolute atomic E-state index is 13.2. The van der Waals surface area contributed by atoms with Gasteiger partial charge >= 0.3 is 0 Å². The number of unbranched alkanes of at least 4 members (excludes halogenated alkanes) is 6. The average Bonchev–Trinajstić information content (AvgIpc) is 2.81. The largest absolute Gasteiger partial charge is 0.373 e. The maximum atomic E-state index is 13.2. The molecule has 4 heteroatoms. The molecule has 4 nitrogen and oxygen atoms in total. The van der Waals surface area contributed by atoms with Crippen LogP contribution < -0.4 is 5.32 Å². The average molecular weight is 444 g/mol. The molecule has 0 fully saturated rings. The van der Waals surface area contributed by atoms with Gasteiger partial charge in [0.2, 0.25) is 5.91 Å². The van der Waals surface area contributed by atoms with Crippen molar-refractivity contribution in [3.8, 4) is 0 Å². The number of rotatable bonds is 11. The predicted octanol–water partition coefficient (Wildman–Crippen LogP) is 6.24. The van der Waals surface area contributed by atoms with Crippen molar-refractivity contribution in [2.24, 2.45) is 5.92 Å². The molecule has 0 aliphatic carbocycles. The van der Waals surface area contributed by atoms with E-state index in [0.29, 0.717) is 13.2 Å². The number of ether oxygens (including phenoxy) is 2. The van der Waals surface area contributed by atoms with Crippen LogP contribution in [0.3, 0.4) is 0 Å². The summed E-state index contributed by atoms with van der Waals surface area (Å²) >= 11 is 0. The van der Waals surface area contributed by atoms with Gasteiger partial charge in [-0.1, -0.05) is 108 Å². The Morgan fingerprint density at radius 3 is 2.16 bits per heavy atom. The van der Waals surface area contributed by atoms with Gasteiger partial charge in [-0.25, -0.2) is 0 Å². The Morgan fingerprint density at radius 1 is 0.875 bits per heavy atom. The first-order chi connectivity index (χ1) is 15.7. The van der Waals surface area contributed by atoms with E-state index in [-0.39, 0.29) is 30.1 Å². The molecule has 180 valence electrons. The minimum atomic E-state index is -0.182. The molecule has 1 amide bonds. The second-order valence-electron chi connectivity index (χ2n) is 9.13. The smallest absolute Gasteiger partial charge is 0.225 e. The van der Waals surface area contributed by atoms with Crippen molar-refractivity contribution in [2.75, 3.05) is 13.2 Å². The van der Waals surface area contributed by atoms with Crippen LogP contribution in [0, 0.1) is 5.92 Å². The summed E-state index contributed by atoms with van der Waals surface area (Å²) in [4.78, 5) is 13.2. The summed E-state index contributed by atoms with van der Waals surface area (Å²) in [7, 11) is 0. The quantitative estimate of drug-likeness (QED) is 0.325. The predicted molar refractivity (Wildman–Crippen MR) is 133 cm³/mol. The normalized spacial score (nSPS) is 26.0. The van der Waals surface area contributed by atoms with Crippen LogP contribution >= 0.6 is 0 Å². The lowest BCUT2D eigenvalue weighted by Gasteiger charge is -2.31. The van der Waals surface area contributed by atoms with E-state index in [2.05, 4.69) is 31.3 Å². The zero-order valence-electron chi connectivity index (χ0n) is 20.6. The molecule has 2 rings (SSSR count). The number of hydrogen-bond acceptors (Lipinski definition) is 3. The highest BCUT2D eigenvalue weighted by Crippen LogP contribution is 2.20. The number of benzene rings is 1. The molecule has 32 heavy (non-hydrogen) atoms. The highest BCUT2D eigenvalue weighted by atomic mass is 16.5. The van der Waals surface area contributed by atoms with E-state index >= 15 is 0 Å². The summed E-state index contributed by atoms with van der Waals surface area (Å²) in [6.07, 6.45) is 15.5. The molecule has 0 bridgehead atoms. The van der Waals surface area contributed by atoms with Crippen molar-refractivity contribution < 1.29 is 14.3 Å². The zero-order chi connectivity index (χ0) is 23.0. The van der Waals surface area contributed by atoms with Gasteiger partial charge in [-0.2, -0.15) is 0 Å². The van der Waals surface area contributed by atoms with Gasteiger partial charge in [0.1, 0.15) is 0 Å². The molecular formula is C28H45NO3. The topological polar surface area (TPSA) is 47.6 Å². The molecule has 0 spiro atoms. The molecule has 1 N–H and O–H groups in total. The minimum absolute atomic E-state index is 0.0158. The molecule has 1 heterocycles. The number of carbonyl (C=O) groups is 1. The summed E-state index contributed by atoms with van der Waals surface area (Å²) in [5.74, 6) is -0.107. The standard InChI is InChI=1S/C28H45NO3/c1-4-6-7-8-9-10-14-19-27-23(3)28(30)29-25(22-24-17-12-11-13-18-24)26(5-2)31-20-15-16-21-32-27/h11-13,15-18,23,25-27H,4-10,14,19-22H2,1-3H3,(H,29,30)/b16-15-/t23-,25-,26+,27+/m0/s1. The third-order valence-corrected chi connectivity index (χ3v) is 6.52. The van der Waals surface area contributed by atoms with E-state index in [1.54, 1.807) is 0 Å². The molecular weight excluding hydrogens is 398 g/mol. The van der Waals surface area contributed by atoms with Crippen molar-refractivity contribution >= 4 is 5.91 Å². The highest BCUT2D eigenvalue weighted by molar-refractivity contribution is 5.79. The summed E-state index contributed by atoms with van der Waals surface area (Å²) in [5.41, 5.74) is 1.21. The number of carbonyl (C=O) groups excluding carboxylic acids is 1. The monoisotopic (exact) mass is 443 g/mol. The van der Waals surface area contributed by atoms with Gasteiger partial charge in [0.15, 0.2) is 0 Å². The first-order valence-electron chi connectivity index (χ1n) is 12.9. The van der Waals surface area contributed by atoms with E-state index in [1.165, 1.54) is 44.1 Å². The van der Waals surface area contributed by atoms with E-state index in [0.717, 1.165) is 25.7 Å².